The van der Waals surface area contributed by atoms with Gasteiger partial charge in [0.25, 0.3) is 0 Å². The van der Waals surface area contributed by atoms with Crippen LogP contribution in [0.15, 0.2) is 18.2 Å². The molecule has 0 amide bonds. The first kappa shape index (κ1) is 14.5. The van der Waals surface area contributed by atoms with E-state index in [0.29, 0.717) is 6.54 Å². The average molecular weight is 252 g/mol. The van der Waals surface area contributed by atoms with Crippen molar-refractivity contribution in [3.05, 3.63) is 23.8 Å². The minimum atomic E-state index is -0.467. The molecule has 0 heterocycles. The Hall–Kier alpha value is -1.59. The average Bonchev–Trinajstić information content (AvgIpc) is 2.31. The lowest BCUT2D eigenvalue weighted by atomic mass is 10.0. The zero-order valence-electron chi connectivity index (χ0n) is 10.6. The van der Waals surface area contributed by atoms with Crippen molar-refractivity contribution in [1.82, 2.24) is 0 Å². The van der Waals surface area contributed by atoms with E-state index in [-0.39, 0.29) is 17.5 Å². The minimum Gasteiger partial charge on any atom is -0.504 e. The molecule has 1 aromatic carbocycles. The Morgan fingerprint density at radius 1 is 1.44 bits per heavy atom. The molecule has 0 aliphatic heterocycles. The quantitative estimate of drug-likeness (QED) is 0.404. The largest absolute Gasteiger partial charge is 0.504 e. The summed E-state index contributed by atoms with van der Waals surface area (Å²) in [7, 11) is 0. The summed E-state index contributed by atoms with van der Waals surface area (Å²) >= 11 is 0. The zero-order chi connectivity index (χ0) is 13.5. The van der Waals surface area contributed by atoms with Crippen molar-refractivity contribution in [1.29, 1.82) is 0 Å². The molecule has 0 saturated carbocycles. The Labute approximate surface area is 107 Å². The second kappa shape index (κ2) is 6.98. The van der Waals surface area contributed by atoms with Gasteiger partial charge in [0.1, 0.15) is 0 Å². The van der Waals surface area contributed by atoms with Gasteiger partial charge in [0, 0.05) is 13.0 Å². The maximum Gasteiger partial charge on any atom is 0.308 e. The Morgan fingerprint density at radius 3 is 2.72 bits per heavy atom. The van der Waals surface area contributed by atoms with Crippen LogP contribution in [0, 0.1) is 0 Å². The van der Waals surface area contributed by atoms with E-state index in [2.05, 4.69) is 0 Å². The van der Waals surface area contributed by atoms with Crippen molar-refractivity contribution >= 4 is 5.97 Å². The summed E-state index contributed by atoms with van der Waals surface area (Å²) in [6.07, 6.45) is 2.69. The van der Waals surface area contributed by atoms with Crippen LogP contribution in [0.25, 0.3) is 0 Å². The Balaban J connectivity index is 2.68. The molecule has 18 heavy (non-hydrogen) atoms. The number of carbonyl (C=O) groups excluding carboxylic acids is 1. The molecule has 0 saturated heterocycles. The molecule has 0 unspecified atom stereocenters. The lowest BCUT2D eigenvalue weighted by Gasteiger charge is -2.13. The van der Waals surface area contributed by atoms with Gasteiger partial charge < -0.3 is 21.3 Å². The number of carbonyl (C=O) groups is 1. The topological polar surface area (TPSA) is 98.6 Å². The maximum absolute atomic E-state index is 10.8. The molecule has 5 heteroatoms. The summed E-state index contributed by atoms with van der Waals surface area (Å²) in [6, 6.07) is 4.69. The summed E-state index contributed by atoms with van der Waals surface area (Å²) in [5, 5.41) is 9.71. The first-order valence-corrected chi connectivity index (χ1v) is 6.01. The summed E-state index contributed by atoms with van der Waals surface area (Å²) in [5.74, 6) is -0.386. The molecule has 5 nitrogen and oxygen atoms in total. The molecule has 1 atom stereocenters. The van der Waals surface area contributed by atoms with Gasteiger partial charge in [0.15, 0.2) is 11.5 Å². The van der Waals surface area contributed by atoms with E-state index in [1.54, 1.807) is 12.1 Å². The second-order valence-electron chi connectivity index (χ2n) is 4.21. The fourth-order valence-electron chi connectivity index (χ4n) is 1.68. The molecular formula is C13H20N2O3. The predicted molar refractivity (Wildman–Crippen MR) is 69.2 cm³/mol. The van der Waals surface area contributed by atoms with Crippen LogP contribution in [0.3, 0.4) is 0 Å². The Kier molecular flexibility index (Phi) is 5.61. The summed E-state index contributed by atoms with van der Waals surface area (Å²) in [6.45, 7) is 1.94. The minimum absolute atomic E-state index is 0.0722. The van der Waals surface area contributed by atoms with Crippen molar-refractivity contribution in [2.45, 2.75) is 32.2 Å². The number of hydrogen-bond donors (Lipinski definition) is 3. The number of ether oxygens (including phenoxy) is 1. The molecule has 0 aliphatic carbocycles. The van der Waals surface area contributed by atoms with Crippen LogP contribution in [0.2, 0.25) is 0 Å². The molecule has 100 valence electrons. The van der Waals surface area contributed by atoms with E-state index < -0.39 is 5.97 Å². The third-order valence-corrected chi connectivity index (χ3v) is 2.63. The lowest BCUT2D eigenvalue weighted by molar-refractivity contribution is -0.132. The first-order chi connectivity index (χ1) is 8.54. The zero-order valence-corrected chi connectivity index (χ0v) is 10.6. The molecule has 0 aliphatic rings. The molecule has 0 spiro atoms. The van der Waals surface area contributed by atoms with Gasteiger partial charge in [-0.3, -0.25) is 4.79 Å². The van der Waals surface area contributed by atoms with Gasteiger partial charge in [0.05, 0.1) is 0 Å². The third kappa shape index (κ3) is 4.35. The highest BCUT2D eigenvalue weighted by molar-refractivity contribution is 5.70. The number of rotatable bonds is 6. The van der Waals surface area contributed by atoms with E-state index in [1.807, 2.05) is 0 Å². The number of aromatic hydroxyl groups is 1. The number of hydrogen-bond acceptors (Lipinski definition) is 5. The van der Waals surface area contributed by atoms with Crippen LogP contribution >= 0.6 is 0 Å². The predicted octanol–water partition coefficient (Wildman–Crippen LogP) is 1.45. The van der Waals surface area contributed by atoms with E-state index >= 15 is 0 Å². The fraction of sp³-hybridized carbons (Fsp3) is 0.462. The van der Waals surface area contributed by atoms with Crippen LogP contribution in [-0.2, 0) is 4.79 Å². The van der Waals surface area contributed by atoms with Gasteiger partial charge in [-0.1, -0.05) is 12.5 Å². The molecule has 5 N–H and O–H groups in total. The third-order valence-electron chi connectivity index (χ3n) is 2.63. The standard InChI is InChI=1S/C13H20N2O3/c1-9(16)18-13-6-5-10(8-12(13)17)11(15)4-2-3-7-14/h5-6,8,11,17H,2-4,7,14-15H2,1H3/t11-/m1/s1. The van der Waals surface area contributed by atoms with Crippen LogP contribution in [0.1, 0.15) is 37.8 Å². The van der Waals surface area contributed by atoms with Crippen molar-refractivity contribution in [2.24, 2.45) is 11.5 Å². The van der Waals surface area contributed by atoms with Crippen molar-refractivity contribution < 1.29 is 14.6 Å². The number of esters is 1. The molecular weight excluding hydrogens is 232 g/mol. The van der Waals surface area contributed by atoms with Crippen molar-refractivity contribution in [3.63, 3.8) is 0 Å². The number of unbranched alkanes of at least 4 members (excludes halogenated alkanes) is 1. The lowest BCUT2D eigenvalue weighted by Crippen LogP contribution is -2.11. The van der Waals surface area contributed by atoms with Gasteiger partial charge in [-0.2, -0.15) is 0 Å². The maximum atomic E-state index is 10.8. The number of nitrogens with two attached hydrogens (primary N) is 2. The second-order valence-corrected chi connectivity index (χ2v) is 4.21. The van der Waals surface area contributed by atoms with Crippen LogP contribution in [0.5, 0.6) is 11.5 Å². The highest BCUT2D eigenvalue weighted by Gasteiger charge is 2.10. The van der Waals surface area contributed by atoms with E-state index in [1.165, 1.54) is 13.0 Å². The van der Waals surface area contributed by atoms with E-state index in [9.17, 15) is 9.90 Å². The van der Waals surface area contributed by atoms with Crippen molar-refractivity contribution in [3.8, 4) is 11.5 Å². The Morgan fingerprint density at radius 2 is 2.17 bits per heavy atom. The summed E-state index contributed by atoms with van der Waals surface area (Å²) in [5.41, 5.74) is 12.2. The number of phenolic OH excluding ortho intramolecular Hbond substituents is 1. The molecule has 0 radical (unpaired) electrons. The SMILES string of the molecule is CC(=O)Oc1ccc([C@H](N)CCCCN)cc1O. The monoisotopic (exact) mass is 252 g/mol. The van der Waals surface area contributed by atoms with Crippen LogP contribution < -0.4 is 16.2 Å². The van der Waals surface area contributed by atoms with E-state index in [4.69, 9.17) is 16.2 Å². The van der Waals surface area contributed by atoms with Crippen LogP contribution in [0.4, 0.5) is 0 Å². The van der Waals surface area contributed by atoms with Gasteiger partial charge >= 0.3 is 5.97 Å². The first-order valence-electron chi connectivity index (χ1n) is 6.01. The van der Waals surface area contributed by atoms with E-state index in [0.717, 1.165) is 24.8 Å². The fourth-order valence-corrected chi connectivity index (χ4v) is 1.68. The smallest absolute Gasteiger partial charge is 0.308 e. The highest BCUT2D eigenvalue weighted by Crippen LogP contribution is 2.30. The molecule has 0 bridgehead atoms. The molecule has 0 aromatic heterocycles. The molecule has 0 fully saturated rings. The van der Waals surface area contributed by atoms with Gasteiger partial charge in [-0.25, -0.2) is 0 Å². The van der Waals surface area contributed by atoms with Gasteiger partial charge in [-0.05, 0) is 37.1 Å². The van der Waals surface area contributed by atoms with Gasteiger partial charge in [0.2, 0.25) is 0 Å². The summed E-state index contributed by atoms with van der Waals surface area (Å²) in [4.78, 5) is 10.8. The molecule has 1 rings (SSSR count). The van der Waals surface area contributed by atoms with Crippen LogP contribution in [-0.4, -0.2) is 17.6 Å². The van der Waals surface area contributed by atoms with Crippen molar-refractivity contribution in [2.75, 3.05) is 6.54 Å². The number of phenols is 1. The number of benzene rings is 1. The van der Waals surface area contributed by atoms with Gasteiger partial charge in [-0.15, -0.1) is 0 Å². The summed E-state index contributed by atoms with van der Waals surface area (Å²) < 4.78 is 4.83. The highest BCUT2D eigenvalue weighted by atomic mass is 16.5. The molecule has 1 aromatic rings. The Bertz CT molecular complexity index is 407. The normalized spacial score (nSPS) is 12.2.